The van der Waals surface area contributed by atoms with E-state index in [0.29, 0.717) is 18.0 Å². The molecule has 0 saturated carbocycles. The van der Waals surface area contributed by atoms with E-state index in [1.54, 1.807) is 18.2 Å². The molecule has 0 radical (unpaired) electrons. The summed E-state index contributed by atoms with van der Waals surface area (Å²) in [7, 11) is 1.46. The van der Waals surface area contributed by atoms with Crippen LogP contribution in [0.2, 0.25) is 0 Å². The number of nitrogens with zero attached hydrogens (tertiary/aromatic N) is 3. The first-order valence-electron chi connectivity index (χ1n) is 12.8. The van der Waals surface area contributed by atoms with Gasteiger partial charge in [-0.2, -0.15) is 13.2 Å². The number of anilines is 5. The van der Waals surface area contributed by atoms with Crippen molar-refractivity contribution < 1.29 is 22.7 Å². The fourth-order valence-electron chi connectivity index (χ4n) is 5.20. The van der Waals surface area contributed by atoms with Crippen LogP contribution in [0.1, 0.15) is 29.8 Å². The van der Waals surface area contributed by atoms with Gasteiger partial charge in [-0.15, -0.1) is 0 Å². The van der Waals surface area contributed by atoms with Gasteiger partial charge in [0, 0.05) is 50.7 Å². The molecule has 1 atom stereocenters. The predicted octanol–water partition coefficient (Wildman–Crippen LogP) is 5.24. The molecule has 3 N–H and O–H groups in total. The van der Waals surface area contributed by atoms with Gasteiger partial charge in [-0.05, 0) is 37.7 Å². The molecule has 0 bridgehead atoms. The zero-order valence-corrected chi connectivity index (χ0v) is 22.0. The van der Waals surface area contributed by atoms with Crippen LogP contribution < -0.4 is 25.6 Å². The summed E-state index contributed by atoms with van der Waals surface area (Å²) in [4.78, 5) is 21.1. The zero-order valence-electron chi connectivity index (χ0n) is 22.0. The Balaban J connectivity index is 1.42. The van der Waals surface area contributed by atoms with Crippen LogP contribution in [0.15, 0.2) is 54.7 Å². The lowest BCUT2D eigenvalue weighted by atomic mass is 9.94. The summed E-state index contributed by atoms with van der Waals surface area (Å²) in [5, 5.41) is 8.39. The highest BCUT2D eigenvalue weighted by Crippen LogP contribution is 2.42. The molecule has 1 amide bonds. The van der Waals surface area contributed by atoms with E-state index < -0.39 is 17.6 Å². The molecule has 39 heavy (non-hydrogen) atoms. The van der Waals surface area contributed by atoms with Crippen LogP contribution in [0.4, 0.5) is 41.7 Å². The lowest BCUT2D eigenvalue weighted by molar-refractivity contribution is -0.137. The third-order valence-corrected chi connectivity index (χ3v) is 7.24. The molecule has 3 aromatic rings. The number of hydrogen-bond donors (Lipinski definition) is 3. The highest BCUT2D eigenvalue weighted by atomic mass is 19.4. The van der Waals surface area contributed by atoms with Crippen molar-refractivity contribution in [2.45, 2.75) is 25.6 Å². The number of hydrogen-bond acceptors (Lipinski definition) is 7. The fourth-order valence-corrected chi connectivity index (χ4v) is 5.20. The van der Waals surface area contributed by atoms with Gasteiger partial charge >= 0.3 is 6.18 Å². The molecule has 206 valence electrons. The van der Waals surface area contributed by atoms with E-state index in [9.17, 15) is 18.0 Å². The number of ether oxygens (including phenoxy) is 1. The maximum absolute atomic E-state index is 13.8. The second-order valence-corrected chi connectivity index (χ2v) is 9.98. The molecule has 1 aromatic heterocycles. The standard InChI is InChI=1S/C28H31F3N6O2/c1-4-36-11-12-37-23-10-9-18(13-24(23)39-17-27(37,2)16-36)34-25-14-22(20(15-33-25)28(29,30)31)35-21-8-6-5-7-19(21)26(38)32-3/h5-10,13-15H,4,11-12,16-17H2,1-3H3,(H,32,38)(H2,33,34,35)/t27-/m1/s1. The zero-order chi connectivity index (χ0) is 27.8. The molecule has 2 aliphatic rings. The van der Waals surface area contributed by atoms with E-state index in [-0.39, 0.29) is 28.3 Å². The second kappa shape index (κ2) is 10.3. The molecule has 3 heterocycles. The number of rotatable bonds is 6. The minimum atomic E-state index is -4.65. The largest absolute Gasteiger partial charge is 0.489 e. The van der Waals surface area contributed by atoms with E-state index in [2.05, 4.69) is 44.6 Å². The van der Waals surface area contributed by atoms with E-state index in [1.807, 2.05) is 18.2 Å². The van der Waals surface area contributed by atoms with Crippen molar-refractivity contribution in [2.24, 2.45) is 0 Å². The number of aromatic nitrogens is 1. The van der Waals surface area contributed by atoms with Crippen LogP contribution in [0.5, 0.6) is 5.75 Å². The van der Waals surface area contributed by atoms with Gasteiger partial charge in [0.25, 0.3) is 5.91 Å². The molecule has 0 unspecified atom stereocenters. The minimum Gasteiger partial charge on any atom is -0.489 e. The lowest BCUT2D eigenvalue weighted by Crippen LogP contribution is -2.65. The SMILES string of the molecule is CCN1CCN2c3ccc(Nc4cc(Nc5ccccc5C(=O)NC)c(C(F)(F)F)cn4)cc3OC[C@@]2(C)C1. The Labute approximate surface area is 225 Å². The summed E-state index contributed by atoms with van der Waals surface area (Å²) in [6, 6.07) is 13.3. The van der Waals surface area contributed by atoms with Crippen LogP contribution in [-0.4, -0.2) is 61.2 Å². The van der Waals surface area contributed by atoms with Gasteiger partial charge in [0.05, 0.1) is 33.7 Å². The number of likely N-dealkylation sites (N-methyl/N-ethyl adjacent to an activating group) is 1. The van der Waals surface area contributed by atoms with Crippen molar-refractivity contribution in [3.05, 3.63) is 65.9 Å². The first-order valence-corrected chi connectivity index (χ1v) is 12.8. The molecular weight excluding hydrogens is 509 g/mol. The minimum absolute atomic E-state index is 0.128. The first-order chi connectivity index (χ1) is 18.6. The van der Waals surface area contributed by atoms with Crippen molar-refractivity contribution in [1.82, 2.24) is 15.2 Å². The number of benzene rings is 2. The summed E-state index contributed by atoms with van der Waals surface area (Å²) in [5.74, 6) is 0.507. The Morgan fingerprint density at radius 3 is 2.64 bits per heavy atom. The monoisotopic (exact) mass is 540 g/mol. The van der Waals surface area contributed by atoms with Crippen LogP contribution >= 0.6 is 0 Å². The number of nitrogens with one attached hydrogen (secondary N) is 3. The van der Waals surface area contributed by atoms with Gasteiger partial charge in [0.2, 0.25) is 0 Å². The Bertz CT molecular complexity index is 1380. The third-order valence-electron chi connectivity index (χ3n) is 7.24. The molecule has 0 aliphatic carbocycles. The third kappa shape index (κ3) is 5.31. The summed E-state index contributed by atoms with van der Waals surface area (Å²) in [6.45, 7) is 8.67. The second-order valence-electron chi connectivity index (χ2n) is 9.98. The van der Waals surface area contributed by atoms with Gasteiger partial charge in [-0.25, -0.2) is 4.98 Å². The molecule has 1 saturated heterocycles. The topological polar surface area (TPSA) is 81.8 Å². The maximum Gasteiger partial charge on any atom is 0.419 e. The van der Waals surface area contributed by atoms with Crippen LogP contribution in [0, 0.1) is 0 Å². The number of piperazine rings is 1. The predicted molar refractivity (Wildman–Crippen MR) is 145 cm³/mol. The number of alkyl halides is 3. The smallest absolute Gasteiger partial charge is 0.419 e. The number of carbonyl (C=O) groups is 1. The molecule has 2 aromatic carbocycles. The van der Waals surface area contributed by atoms with Crippen molar-refractivity contribution in [1.29, 1.82) is 0 Å². The molecular formula is C28H31F3N6O2. The van der Waals surface area contributed by atoms with Crippen molar-refractivity contribution in [3.8, 4) is 5.75 Å². The normalized spacial score (nSPS) is 19.0. The van der Waals surface area contributed by atoms with Gasteiger partial charge in [-0.1, -0.05) is 19.1 Å². The first kappa shape index (κ1) is 26.6. The number of para-hydroxylation sites is 1. The van der Waals surface area contributed by atoms with E-state index in [0.717, 1.165) is 38.1 Å². The number of pyridine rings is 1. The summed E-state index contributed by atoms with van der Waals surface area (Å²) < 4.78 is 47.7. The molecule has 11 heteroatoms. The summed E-state index contributed by atoms with van der Waals surface area (Å²) in [6.07, 6.45) is -3.87. The summed E-state index contributed by atoms with van der Waals surface area (Å²) in [5.41, 5.74) is 0.795. The quantitative estimate of drug-likeness (QED) is 0.395. The number of fused-ring (bicyclic) bond motifs is 3. The number of halogens is 3. The molecule has 8 nitrogen and oxygen atoms in total. The molecule has 1 fully saturated rings. The van der Waals surface area contributed by atoms with Gasteiger partial charge in [0.1, 0.15) is 18.2 Å². The van der Waals surface area contributed by atoms with Crippen LogP contribution in [0.25, 0.3) is 0 Å². The fraction of sp³-hybridized carbons (Fsp3) is 0.357. The highest BCUT2D eigenvalue weighted by Gasteiger charge is 2.42. The Kier molecular flexibility index (Phi) is 7.02. The van der Waals surface area contributed by atoms with Crippen LogP contribution in [0.3, 0.4) is 0 Å². The average molecular weight is 541 g/mol. The van der Waals surface area contributed by atoms with E-state index in [1.165, 1.54) is 19.2 Å². The maximum atomic E-state index is 13.8. The van der Waals surface area contributed by atoms with E-state index in [4.69, 9.17) is 4.74 Å². The van der Waals surface area contributed by atoms with E-state index >= 15 is 0 Å². The lowest BCUT2D eigenvalue weighted by Gasteiger charge is -2.52. The number of carbonyl (C=O) groups excluding carboxylic acids is 1. The van der Waals surface area contributed by atoms with Crippen molar-refractivity contribution in [2.75, 3.05) is 55.4 Å². The number of amides is 1. The Morgan fingerprint density at radius 1 is 1.10 bits per heavy atom. The average Bonchev–Trinajstić information content (AvgIpc) is 2.91. The molecule has 2 aliphatic heterocycles. The van der Waals surface area contributed by atoms with Gasteiger partial charge in [0.15, 0.2) is 0 Å². The molecule has 0 spiro atoms. The van der Waals surface area contributed by atoms with Crippen LogP contribution in [-0.2, 0) is 6.18 Å². The van der Waals surface area contributed by atoms with Crippen molar-refractivity contribution in [3.63, 3.8) is 0 Å². The Hall–Kier alpha value is -3.99. The Morgan fingerprint density at radius 2 is 1.90 bits per heavy atom. The van der Waals surface area contributed by atoms with Crippen molar-refractivity contribution >= 4 is 34.5 Å². The highest BCUT2D eigenvalue weighted by molar-refractivity contribution is 6.00. The summed E-state index contributed by atoms with van der Waals surface area (Å²) >= 11 is 0. The van der Waals surface area contributed by atoms with Gasteiger partial charge in [-0.3, -0.25) is 9.69 Å². The van der Waals surface area contributed by atoms with Gasteiger partial charge < -0.3 is 25.6 Å². The molecule has 5 rings (SSSR count).